The van der Waals surface area contributed by atoms with E-state index >= 15 is 0 Å². The summed E-state index contributed by atoms with van der Waals surface area (Å²) in [6.45, 7) is 0. The second-order valence-electron chi connectivity index (χ2n) is 8.43. The first-order chi connectivity index (χ1) is 17.1. The van der Waals surface area contributed by atoms with Crippen molar-refractivity contribution in [3.05, 3.63) is 81.6 Å². The Balaban J connectivity index is 1.72. The number of nitrogens with zero attached hydrogens (tertiary/aromatic N) is 3. The molecule has 2 aliphatic rings. The Kier molecular flexibility index (Phi) is 7.74. The summed E-state index contributed by atoms with van der Waals surface area (Å²) in [6, 6.07) is 15.5. The van der Waals surface area contributed by atoms with Gasteiger partial charge in [0, 0.05) is 5.69 Å². The third-order valence-corrected chi connectivity index (χ3v) is 7.25. The van der Waals surface area contributed by atoms with Crippen LogP contribution in [0.15, 0.2) is 64.2 Å². The van der Waals surface area contributed by atoms with Crippen molar-refractivity contribution < 1.29 is 14.3 Å². The Hall–Kier alpha value is -3.75. The first kappa shape index (κ1) is 24.4. The maximum absolute atomic E-state index is 12.9. The zero-order chi connectivity index (χ0) is 24.8. The van der Waals surface area contributed by atoms with E-state index in [4.69, 9.17) is 20.2 Å². The molecule has 8 heteroatoms. The monoisotopic (exact) mass is 486 g/mol. The molecule has 0 spiro atoms. The zero-order valence-electron chi connectivity index (χ0n) is 19.5. The van der Waals surface area contributed by atoms with Gasteiger partial charge in [-0.25, -0.2) is 9.78 Å². The SMILES string of the molecule is COC(=O)C1=C(CSc2nc3c(cc2C#N)CCCCCC3)OC(N)=C(C#N)C1c1ccccc1. The third kappa shape index (κ3) is 5.18. The number of aromatic nitrogens is 1. The van der Waals surface area contributed by atoms with Crippen LogP contribution in [0, 0.1) is 22.7 Å². The fraction of sp³-hybridized carbons (Fsp3) is 0.333. The van der Waals surface area contributed by atoms with Gasteiger partial charge in [0.05, 0.1) is 29.9 Å². The van der Waals surface area contributed by atoms with Gasteiger partial charge in [0.2, 0.25) is 5.88 Å². The summed E-state index contributed by atoms with van der Waals surface area (Å²) in [7, 11) is 1.29. The first-order valence-corrected chi connectivity index (χ1v) is 12.6. The van der Waals surface area contributed by atoms with Crippen LogP contribution < -0.4 is 5.73 Å². The van der Waals surface area contributed by atoms with Gasteiger partial charge in [-0.3, -0.25) is 0 Å². The normalized spacial score (nSPS) is 17.9. The van der Waals surface area contributed by atoms with Crippen LogP contribution in [0.4, 0.5) is 0 Å². The molecule has 0 fully saturated rings. The highest BCUT2D eigenvalue weighted by atomic mass is 32.2. The number of methoxy groups -OCH3 is 1. The van der Waals surface area contributed by atoms with E-state index in [0.717, 1.165) is 42.5 Å². The lowest BCUT2D eigenvalue weighted by molar-refractivity contribution is -0.136. The molecule has 4 rings (SSSR count). The predicted molar refractivity (Wildman–Crippen MR) is 132 cm³/mol. The lowest BCUT2D eigenvalue weighted by Gasteiger charge is -2.27. The average Bonchev–Trinajstić information content (AvgIpc) is 2.87. The van der Waals surface area contributed by atoms with Crippen molar-refractivity contribution in [2.24, 2.45) is 5.73 Å². The molecule has 2 N–H and O–H groups in total. The molecule has 0 bridgehead atoms. The zero-order valence-corrected chi connectivity index (χ0v) is 20.4. The van der Waals surface area contributed by atoms with Crippen LogP contribution in [0.1, 0.15) is 54.0 Å². The van der Waals surface area contributed by atoms with Gasteiger partial charge in [-0.05, 0) is 42.9 Å². The largest absolute Gasteiger partial charge is 0.466 e. The molecule has 1 aliphatic carbocycles. The summed E-state index contributed by atoms with van der Waals surface area (Å²) in [5.74, 6) is -0.854. The van der Waals surface area contributed by atoms with Gasteiger partial charge < -0.3 is 15.2 Å². The Morgan fingerprint density at radius 1 is 1.17 bits per heavy atom. The topological polar surface area (TPSA) is 122 Å². The summed E-state index contributed by atoms with van der Waals surface area (Å²) in [5, 5.41) is 20.2. The van der Waals surface area contributed by atoms with Gasteiger partial charge in [0.15, 0.2) is 0 Å². The van der Waals surface area contributed by atoms with Crippen LogP contribution >= 0.6 is 11.8 Å². The molecular weight excluding hydrogens is 460 g/mol. The maximum atomic E-state index is 12.9. The number of rotatable bonds is 5. The third-order valence-electron chi connectivity index (χ3n) is 6.26. The van der Waals surface area contributed by atoms with Crippen LogP contribution in [0.3, 0.4) is 0 Å². The number of carbonyl (C=O) groups is 1. The van der Waals surface area contributed by atoms with E-state index in [1.54, 1.807) is 0 Å². The molecule has 0 saturated heterocycles. The molecule has 1 unspecified atom stereocenters. The number of benzene rings is 1. The standard InChI is InChI=1S/C27H26N4O3S/c1-33-27(32)24-22(34-25(30)20(15-29)23(24)17-9-6-4-7-10-17)16-35-26-19(14-28)13-18-11-5-2-3-8-12-21(18)31-26/h4,6-7,9-10,13,23H,2-3,5,8,11-12,16,30H2,1H3. The van der Waals surface area contributed by atoms with Gasteiger partial charge in [-0.1, -0.05) is 54.9 Å². The van der Waals surface area contributed by atoms with Crippen LogP contribution in [-0.4, -0.2) is 23.8 Å². The molecule has 0 radical (unpaired) electrons. The van der Waals surface area contributed by atoms with Gasteiger partial charge in [0.1, 0.15) is 28.5 Å². The van der Waals surface area contributed by atoms with E-state index < -0.39 is 11.9 Å². The molecule has 2 aromatic rings. The number of nitrogens with two attached hydrogens (primary N) is 1. The van der Waals surface area contributed by atoms with Crippen molar-refractivity contribution in [2.75, 3.05) is 12.9 Å². The van der Waals surface area contributed by atoms with Gasteiger partial charge in [-0.15, -0.1) is 0 Å². The molecule has 0 saturated carbocycles. The van der Waals surface area contributed by atoms with Gasteiger partial charge in [-0.2, -0.15) is 10.5 Å². The number of allylic oxidation sites excluding steroid dienone is 1. The highest BCUT2D eigenvalue weighted by molar-refractivity contribution is 7.99. The van der Waals surface area contributed by atoms with Crippen LogP contribution in [0.5, 0.6) is 0 Å². The van der Waals surface area contributed by atoms with Crippen molar-refractivity contribution in [1.82, 2.24) is 4.98 Å². The van der Waals surface area contributed by atoms with Crippen LogP contribution in [0.2, 0.25) is 0 Å². The van der Waals surface area contributed by atoms with Gasteiger partial charge in [0.25, 0.3) is 0 Å². The van der Waals surface area contributed by atoms with Crippen LogP contribution in [-0.2, 0) is 27.1 Å². The molecule has 178 valence electrons. The smallest absolute Gasteiger partial charge is 0.338 e. The molecule has 0 amide bonds. The predicted octanol–water partition coefficient (Wildman–Crippen LogP) is 4.64. The highest BCUT2D eigenvalue weighted by Gasteiger charge is 2.37. The Morgan fingerprint density at radius 2 is 1.91 bits per heavy atom. The van der Waals surface area contributed by atoms with E-state index in [0.29, 0.717) is 16.3 Å². The molecule has 2 heterocycles. The average molecular weight is 487 g/mol. The van der Waals surface area contributed by atoms with Crippen molar-refractivity contribution in [1.29, 1.82) is 10.5 Å². The van der Waals surface area contributed by atoms with Gasteiger partial charge >= 0.3 is 5.97 Å². The number of nitriles is 2. The Bertz CT molecular complexity index is 1270. The number of pyridine rings is 1. The van der Waals surface area contributed by atoms with Crippen molar-refractivity contribution in [3.8, 4) is 12.1 Å². The number of esters is 1. The van der Waals surface area contributed by atoms with Crippen LogP contribution in [0.25, 0.3) is 0 Å². The summed E-state index contributed by atoms with van der Waals surface area (Å²) < 4.78 is 10.9. The summed E-state index contributed by atoms with van der Waals surface area (Å²) >= 11 is 1.32. The first-order valence-electron chi connectivity index (χ1n) is 11.6. The summed E-state index contributed by atoms with van der Waals surface area (Å²) in [6.07, 6.45) is 6.37. The molecular formula is C27H26N4O3S. The Morgan fingerprint density at radius 3 is 2.60 bits per heavy atom. The van der Waals surface area contributed by atoms with Crippen molar-refractivity contribution in [2.45, 2.75) is 49.5 Å². The van der Waals surface area contributed by atoms with E-state index in [1.807, 2.05) is 36.4 Å². The minimum absolute atomic E-state index is 0.0451. The lowest BCUT2D eigenvalue weighted by atomic mass is 9.83. The fourth-order valence-electron chi connectivity index (χ4n) is 4.53. The fourth-order valence-corrected chi connectivity index (χ4v) is 5.45. The molecule has 1 aromatic heterocycles. The quantitative estimate of drug-likeness (QED) is 0.479. The molecule has 1 aromatic carbocycles. The Labute approximate surface area is 209 Å². The molecule has 1 aliphatic heterocycles. The number of aryl methyl sites for hydroxylation is 2. The number of thioether (sulfide) groups is 1. The summed E-state index contributed by atoms with van der Waals surface area (Å²) in [5.41, 5.74) is 9.92. The number of fused-ring (bicyclic) bond motifs is 1. The number of hydrogen-bond donors (Lipinski definition) is 1. The number of hydrogen-bond acceptors (Lipinski definition) is 8. The number of ether oxygens (including phenoxy) is 2. The minimum atomic E-state index is -0.711. The summed E-state index contributed by atoms with van der Waals surface area (Å²) in [4.78, 5) is 17.8. The minimum Gasteiger partial charge on any atom is -0.466 e. The lowest BCUT2D eigenvalue weighted by Crippen LogP contribution is -2.26. The second kappa shape index (κ2) is 11.1. The maximum Gasteiger partial charge on any atom is 0.338 e. The molecule has 35 heavy (non-hydrogen) atoms. The highest BCUT2D eigenvalue weighted by Crippen LogP contribution is 2.41. The second-order valence-corrected chi connectivity index (χ2v) is 9.39. The van der Waals surface area contributed by atoms with E-state index in [2.05, 4.69) is 12.1 Å². The van der Waals surface area contributed by atoms with E-state index in [1.165, 1.54) is 31.7 Å². The van der Waals surface area contributed by atoms with E-state index in [9.17, 15) is 15.3 Å². The molecule has 7 nitrogen and oxygen atoms in total. The molecule has 1 atom stereocenters. The van der Waals surface area contributed by atoms with E-state index in [-0.39, 0.29) is 22.8 Å². The van der Waals surface area contributed by atoms with Crippen molar-refractivity contribution >= 4 is 17.7 Å². The number of carbonyl (C=O) groups excluding carboxylic acids is 1. The van der Waals surface area contributed by atoms with Crippen molar-refractivity contribution in [3.63, 3.8) is 0 Å².